The predicted molar refractivity (Wildman–Crippen MR) is 120 cm³/mol. The monoisotopic (exact) mass is 429 g/mol. The van der Waals surface area contributed by atoms with Gasteiger partial charge in [-0.05, 0) is 61.7 Å². The van der Waals surface area contributed by atoms with Crippen LogP contribution in [0.1, 0.15) is 43.9 Å². The third-order valence-electron chi connectivity index (χ3n) is 5.74. The number of rotatable bonds is 8. The number of nitrogens with one attached hydrogen (secondary N) is 1. The SMILES string of the molecule is CCN(CC)S(=O)(=O)c1ccc(NC(=O)CN(C)[C@H]2CCCc3ccccc32)cc1. The number of hydrogen-bond donors (Lipinski definition) is 1. The minimum atomic E-state index is -3.50. The van der Waals surface area contributed by atoms with E-state index in [1.165, 1.54) is 15.4 Å². The van der Waals surface area contributed by atoms with Crippen LogP contribution in [-0.4, -0.2) is 50.2 Å². The van der Waals surface area contributed by atoms with E-state index in [2.05, 4.69) is 34.5 Å². The fourth-order valence-electron chi connectivity index (χ4n) is 4.15. The molecule has 162 valence electrons. The topological polar surface area (TPSA) is 69.7 Å². The van der Waals surface area contributed by atoms with E-state index in [9.17, 15) is 13.2 Å². The Hall–Kier alpha value is -2.22. The third kappa shape index (κ3) is 4.91. The standard InChI is InChI=1S/C23H31N3O3S/c1-4-26(5-2)30(28,29)20-15-13-19(14-16-20)24-23(27)17-25(3)22-12-8-10-18-9-6-7-11-21(18)22/h6-7,9,11,13-16,22H,4-5,8,10,12,17H2,1-3H3,(H,24,27)/t22-/m0/s1. The molecule has 3 rings (SSSR count). The van der Waals surface area contributed by atoms with Gasteiger partial charge >= 0.3 is 0 Å². The number of nitrogens with zero attached hydrogens (tertiary/aromatic N) is 2. The Morgan fingerprint density at radius 3 is 2.40 bits per heavy atom. The Kier molecular flexibility index (Phi) is 7.28. The molecule has 1 atom stereocenters. The maximum absolute atomic E-state index is 12.6. The van der Waals surface area contributed by atoms with Crippen molar-refractivity contribution in [3.8, 4) is 0 Å². The van der Waals surface area contributed by atoms with E-state index in [1.807, 2.05) is 20.9 Å². The molecule has 2 aromatic carbocycles. The number of hydrogen-bond acceptors (Lipinski definition) is 4. The number of aryl methyl sites for hydroxylation is 1. The fourth-order valence-corrected chi connectivity index (χ4v) is 5.60. The van der Waals surface area contributed by atoms with Gasteiger partial charge in [-0.2, -0.15) is 4.31 Å². The number of fused-ring (bicyclic) bond motifs is 1. The van der Waals surface area contributed by atoms with Crippen LogP contribution in [0.5, 0.6) is 0 Å². The van der Waals surface area contributed by atoms with Gasteiger partial charge in [0.25, 0.3) is 0 Å². The van der Waals surface area contributed by atoms with Crippen molar-refractivity contribution in [1.29, 1.82) is 0 Å². The summed E-state index contributed by atoms with van der Waals surface area (Å²) in [6, 6.07) is 15.1. The molecule has 1 aliphatic carbocycles. The van der Waals surface area contributed by atoms with Gasteiger partial charge in [-0.25, -0.2) is 8.42 Å². The maximum Gasteiger partial charge on any atom is 0.243 e. The predicted octanol–water partition coefficient (Wildman–Crippen LogP) is 3.67. The van der Waals surface area contributed by atoms with E-state index in [4.69, 9.17) is 0 Å². The highest BCUT2D eigenvalue weighted by molar-refractivity contribution is 7.89. The summed E-state index contributed by atoms with van der Waals surface area (Å²) >= 11 is 0. The second-order valence-corrected chi connectivity index (χ2v) is 9.62. The molecule has 0 saturated carbocycles. The van der Waals surface area contributed by atoms with Crippen molar-refractivity contribution in [3.63, 3.8) is 0 Å². The first-order valence-corrected chi connectivity index (χ1v) is 12.0. The third-order valence-corrected chi connectivity index (χ3v) is 7.81. The maximum atomic E-state index is 12.6. The molecule has 1 N–H and O–H groups in total. The van der Waals surface area contributed by atoms with Gasteiger partial charge in [0.2, 0.25) is 15.9 Å². The lowest BCUT2D eigenvalue weighted by molar-refractivity contribution is -0.117. The molecule has 30 heavy (non-hydrogen) atoms. The van der Waals surface area contributed by atoms with Crippen LogP contribution in [0.2, 0.25) is 0 Å². The van der Waals surface area contributed by atoms with E-state index < -0.39 is 10.0 Å². The first-order valence-electron chi connectivity index (χ1n) is 10.5. The van der Waals surface area contributed by atoms with Gasteiger partial charge in [-0.15, -0.1) is 0 Å². The molecule has 1 aliphatic rings. The molecule has 0 bridgehead atoms. The molecule has 2 aromatic rings. The molecule has 6 nitrogen and oxygen atoms in total. The number of benzene rings is 2. The van der Waals surface area contributed by atoms with Crippen LogP contribution in [0.4, 0.5) is 5.69 Å². The van der Waals surface area contributed by atoms with E-state index in [0.717, 1.165) is 19.3 Å². The first-order chi connectivity index (χ1) is 14.4. The van der Waals surface area contributed by atoms with Crippen LogP contribution in [0.25, 0.3) is 0 Å². The summed E-state index contributed by atoms with van der Waals surface area (Å²) in [6.45, 7) is 4.76. The summed E-state index contributed by atoms with van der Waals surface area (Å²) < 4.78 is 26.6. The van der Waals surface area contributed by atoms with Crippen molar-refractivity contribution < 1.29 is 13.2 Å². The number of likely N-dealkylation sites (N-methyl/N-ethyl adjacent to an activating group) is 1. The van der Waals surface area contributed by atoms with Gasteiger partial charge in [-0.3, -0.25) is 9.69 Å². The number of anilines is 1. The fraction of sp³-hybridized carbons (Fsp3) is 0.435. The Balaban J connectivity index is 1.63. The van der Waals surface area contributed by atoms with Crippen LogP contribution >= 0.6 is 0 Å². The van der Waals surface area contributed by atoms with Gasteiger partial charge in [0.1, 0.15) is 0 Å². The minimum Gasteiger partial charge on any atom is -0.325 e. The quantitative estimate of drug-likeness (QED) is 0.695. The van der Waals surface area contributed by atoms with Crippen molar-refractivity contribution in [1.82, 2.24) is 9.21 Å². The molecule has 0 radical (unpaired) electrons. The number of carbonyl (C=O) groups excluding carboxylic acids is 1. The minimum absolute atomic E-state index is 0.111. The zero-order valence-electron chi connectivity index (χ0n) is 18.0. The molecule has 0 saturated heterocycles. The Labute approximate surface area is 179 Å². The summed E-state index contributed by atoms with van der Waals surface area (Å²) in [5.74, 6) is -0.111. The van der Waals surface area contributed by atoms with E-state index in [0.29, 0.717) is 18.8 Å². The van der Waals surface area contributed by atoms with Crippen molar-refractivity contribution in [2.45, 2.75) is 44.0 Å². The summed E-state index contributed by atoms with van der Waals surface area (Å²) in [4.78, 5) is 14.9. The molecule has 7 heteroatoms. The van der Waals surface area contributed by atoms with Crippen LogP contribution < -0.4 is 5.32 Å². The Morgan fingerprint density at radius 1 is 1.07 bits per heavy atom. The van der Waals surface area contributed by atoms with Gasteiger partial charge < -0.3 is 5.32 Å². The lowest BCUT2D eigenvalue weighted by Crippen LogP contribution is -2.35. The summed E-state index contributed by atoms with van der Waals surface area (Å²) in [5.41, 5.74) is 3.27. The summed E-state index contributed by atoms with van der Waals surface area (Å²) in [5, 5.41) is 2.88. The lowest BCUT2D eigenvalue weighted by Gasteiger charge is -2.32. The van der Waals surface area contributed by atoms with E-state index >= 15 is 0 Å². The molecule has 0 aromatic heterocycles. The second-order valence-electron chi connectivity index (χ2n) is 7.68. The van der Waals surface area contributed by atoms with E-state index in [1.54, 1.807) is 24.3 Å². The highest BCUT2D eigenvalue weighted by Crippen LogP contribution is 2.33. The van der Waals surface area contributed by atoms with Crippen molar-refractivity contribution >= 4 is 21.6 Å². The molecule has 1 amide bonds. The normalized spacial score (nSPS) is 16.5. The zero-order chi connectivity index (χ0) is 21.7. The summed E-state index contributed by atoms with van der Waals surface area (Å²) in [7, 11) is -1.52. The van der Waals surface area contributed by atoms with Crippen molar-refractivity contribution in [2.24, 2.45) is 0 Å². The Morgan fingerprint density at radius 2 is 1.73 bits per heavy atom. The van der Waals surface area contributed by atoms with Crippen LogP contribution in [0.15, 0.2) is 53.4 Å². The molecular weight excluding hydrogens is 398 g/mol. The smallest absolute Gasteiger partial charge is 0.243 e. The largest absolute Gasteiger partial charge is 0.325 e. The number of sulfonamides is 1. The van der Waals surface area contributed by atoms with Gasteiger partial charge in [0.15, 0.2) is 0 Å². The van der Waals surface area contributed by atoms with Crippen molar-refractivity contribution in [2.75, 3.05) is 32.0 Å². The molecule has 0 heterocycles. The van der Waals surface area contributed by atoms with Crippen molar-refractivity contribution in [3.05, 3.63) is 59.7 Å². The average Bonchev–Trinajstić information content (AvgIpc) is 2.74. The molecule has 0 aliphatic heterocycles. The van der Waals surface area contributed by atoms with E-state index in [-0.39, 0.29) is 23.4 Å². The summed E-state index contributed by atoms with van der Waals surface area (Å²) in [6.07, 6.45) is 3.25. The lowest BCUT2D eigenvalue weighted by atomic mass is 9.87. The van der Waals surface area contributed by atoms with Gasteiger partial charge in [-0.1, -0.05) is 38.1 Å². The number of carbonyl (C=O) groups is 1. The molecule has 0 unspecified atom stereocenters. The van der Waals surface area contributed by atoms with Gasteiger partial charge in [0, 0.05) is 24.8 Å². The zero-order valence-corrected chi connectivity index (χ0v) is 18.8. The van der Waals surface area contributed by atoms with Crippen LogP contribution in [0, 0.1) is 0 Å². The first kappa shape index (κ1) is 22.5. The second kappa shape index (κ2) is 9.73. The highest BCUT2D eigenvalue weighted by atomic mass is 32.2. The average molecular weight is 430 g/mol. The van der Waals surface area contributed by atoms with Gasteiger partial charge in [0.05, 0.1) is 11.4 Å². The molecule has 0 fully saturated rings. The van der Waals surface area contributed by atoms with Crippen LogP contribution in [-0.2, 0) is 21.2 Å². The highest BCUT2D eigenvalue weighted by Gasteiger charge is 2.25. The molecular formula is C23H31N3O3S. The van der Waals surface area contributed by atoms with Crippen LogP contribution in [0.3, 0.4) is 0 Å². The molecule has 0 spiro atoms. The Bertz CT molecular complexity index is 969. The number of amides is 1.